The molecule has 0 radical (unpaired) electrons. The van der Waals surface area contributed by atoms with Crippen LogP contribution in [0.1, 0.15) is 17.0 Å². The smallest absolute Gasteiger partial charge is 0.114 e. The molecule has 1 N–H and O–H groups in total. The molecular weight excluding hydrogens is 285 g/mol. The highest BCUT2D eigenvalue weighted by molar-refractivity contribution is 5.85. The lowest BCUT2D eigenvalue weighted by molar-refractivity contribution is 0.321. The van der Waals surface area contributed by atoms with Gasteiger partial charge in [0.1, 0.15) is 5.69 Å². The Morgan fingerprint density at radius 2 is 1.95 bits per heavy atom. The first-order chi connectivity index (χ1) is 8.38. The van der Waals surface area contributed by atoms with Gasteiger partial charge in [-0.3, -0.25) is 4.98 Å². The van der Waals surface area contributed by atoms with E-state index in [9.17, 15) is 0 Å². The fourth-order valence-corrected chi connectivity index (χ4v) is 1.23. The summed E-state index contributed by atoms with van der Waals surface area (Å²) in [5.74, 6) is 5.86. The van der Waals surface area contributed by atoms with Crippen LogP contribution in [-0.4, -0.2) is 21.4 Å². The van der Waals surface area contributed by atoms with Gasteiger partial charge in [-0.2, -0.15) is 0 Å². The average Bonchev–Trinajstić information content (AvgIpc) is 2.39. The molecule has 0 spiro atoms. The van der Waals surface area contributed by atoms with E-state index in [0.717, 1.165) is 5.56 Å². The van der Waals surface area contributed by atoms with Crippen LogP contribution < -0.4 is 0 Å². The van der Waals surface area contributed by atoms with Gasteiger partial charge in [-0.05, 0) is 30.2 Å². The minimum atomic E-state index is 0. The van der Waals surface area contributed by atoms with Crippen LogP contribution in [0.3, 0.4) is 0 Å². The first-order valence-corrected chi connectivity index (χ1v) is 4.95. The van der Waals surface area contributed by atoms with Crippen molar-refractivity contribution in [1.82, 2.24) is 9.97 Å². The summed E-state index contributed by atoms with van der Waals surface area (Å²) < 4.78 is 0. The molecule has 2 rings (SSSR count). The van der Waals surface area contributed by atoms with E-state index < -0.39 is 0 Å². The summed E-state index contributed by atoms with van der Waals surface area (Å²) >= 11 is 0. The number of hydrogen-bond acceptors (Lipinski definition) is 4. The van der Waals surface area contributed by atoms with Gasteiger partial charge < -0.3 is 5.21 Å². The number of nitrogens with zero attached hydrogens (tertiary/aromatic N) is 3. The normalized spacial score (nSPS) is 8.84. The lowest BCUT2D eigenvalue weighted by Gasteiger charge is -1.92. The number of pyridine rings is 2. The van der Waals surface area contributed by atoms with Gasteiger partial charge in [-0.15, -0.1) is 24.8 Å². The molecule has 2 aromatic heterocycles. The maximum atomic E-state index is 8.40. The topological polar surface area (TPSA) is 58.4 Å². The molecule has 0 unspecified atom stereocenters. The highest BCUT2D eigenvalue weighted by Crippen LogP contribution is 1.97. The largest absolute Gasteiger partial charge is 0.411 e. The predicted octanol–water partition coefficient (Wildman–Crippen LogP) is 2.53. The summed E-state index contributed by atoms with van der Waals surface area (Å²) in [5.41, 5.74) is 2.01. The minimum Gasteiger partial charge on any atom is -0.411 e. The van der Waals surface area contributed by atoms with Crippen LogP contribution >= 0.6 is 24.8 Å². The van der Waals surface area contributed by atoms with Gasteiger partial charge in [0.05, 0.1) is 11.9 Å². The van der Waals surface area contributed by atoms with Crippen LogP contribution in [-0.2, 0) is 0 Å². The van der Waals surface area contributed by atoms with E-state index in [1.54, 1.807) is 30.6 Å². The van der Waals surface area contributed by atoms with Crippen LogP contribution in [0.2, 0.25) is 0 Å². The van der Waals surface area contributed by atoms with Gasteiger partial charge in [0, 0.05) is 18.0 Å². The van der Waals surface area contributed by atoms with Gasteiger partial charge >= 0.3 is 0 Å². The number of rotatable bonds is 1. The third-order valence-corrected chi connectivity index (χ3v) is 1.96. The molecule has 0 bridgehead atoms. The first kappa shape index (κ1) is 16.9. The number of aromatic nitrogens is 2. The zero-order valence-electron chi connectivity index (χ0n) is 9.72. The molecular formula is C13H11Cl2N3O. The monoisotopic (exact) mass is 295 g/mol. The van der Waals surface area contributed by atoms with Crippen LogP contribution in [0.15, 0.2) is 47.9 Å². The fourth-order valence-electron chi connectivity index (χ4n) is 1.23. The van der Waals surface area contributed by atoms with E-state index in [0.29, 0.717) is 11.4 Å². The van der Waals surface area contributed by atoms with E-state index in [1.165, 1.54) is 6.21 Å². The number of oxime groups is 1. The van der Waals surface area contributed by atoms with Crippen molar-refractivity contribution < 1.29 is 5.21 Å². The Morgan fingerprint density at radius 1 is 1.11 bits per heavy atom. The van der Waals surface area contributed by atoms with Crippen molar-refractivity contribution in [1.29, 1.82) is 0 Å². The molecule has 98 valence electrons. The summed E-state index contributed by atoms with van der Waals surface area (Å²) in [6.07, 6.45) is 4.64. The highest BCUT2D eigenvalue weighted by atomic mass is 35.5. The first-order valence-electron chi connectivity index (χ1n) is 4.95. The highest BCUT2D eigenvalue weighted by Gasteiger charge is 1.92. The molecule has 0 amide bonds. The summed E-state index contributed by atoms with van der Waals surface area (Å²) in [5, 5.41) is 11.3. The average molecular weight is 296 g/mol. The second-order valence-corrected chi connectivity index (χ2v) is 3.18. The van der Waals surface area contributed by atoms with E-state index >= 15 is 0 Å². The van der Waals surface area contributed by atoms with Gasteiger partial charge in [0.2, 0.25) is 0 Å². The Hall–Kier alpha value is -2.09. The molecule has 0 atom stereocenters. The van der Waals surface area contributed by atoms with Crippen LogP contribution in [0, 0.1) is 11.8 Å². The lowest BCUT2D eigenvalue weighted by Crippen LogP contribution is -1.90. The van der Waals surface area contributed by atoms with Crippen molar-refractivity contribution in [3.05, 3.63) is 59.7 Å². The van der Waals surface area contributed by atoms with Crippen LogP contribution in [0.25, 0.3) is 0 Å². The van der Waals surface area contributed by atoms with Gasteiger partial charge in [-0.25, -0.2) is 4.98 Å². The lowest BCUT2D eigenvalue weighted by atomic mass is 10.2. The van der Waals surface area contributed by atoms with Gasteiger partial charge in [-0.1, -0.05) is 17.1 Å². The molecule has 0 aromatic carbocycles. The summed E-state index contributed by atoms with van der Waals surface area (Å²) in [6, 6.07) is 9.02. The minimum absolute atomic E-state index is 0. The Kier molecular flexibility index (Phi) is 7.94. The SMILES string of the molecule is Cl.Cl.O/N=C\c1cccc(C#Cc2cccnc2)n1. The molecule has 0 fully saturated rings. The Bertz CT molecular complexity index is 592. The third kappa shape index (κ3) is 5.38. The fraction of sp³-hybridized carbons (Fsp3) is 0. The van der Waals surface area contributed by atoms with Crippen molar-refractivity contribution >= 4 is 31.0 Å². The summed E-state index contributed by atoms with van der Waals surface area (Å²) in [7, 11) is 0. The quantitative estimate of drug-likeness (QED) is 0.381. The summed E-state index contributed by atoms with van der Waals surface area (Å²) in [4.78, 5) is 8.14. The molecule has 4 nitrogen and oxygen atoms in total. The van der Waals surface area contributed by atoms with Crippen molar-refractivity contribution in [3.8, 4) is 11.8 Å². The van der Waals surface area contributed by atoms with Gasteiger partial charge in [0.15, 0.2) is 0 Å². The van der Waals surface area contributed by atoms with Crippen LogP contribution in [0.4, 0.5) is 0 Å². The molecule has 2 aromatic rings. The van der Waals surface area contributed by atoms with E-state index in [-0.39, 0.29) is 24.8 Å². The molecule has 0 saturated heterocycles. The Balaban J connectivity index is 0.00000162. The second-order valence-electron chi connectivity index (χ2n) is 3.18. The zero-order valence-corrected chi connectivity index (χ0v) is 11.4. The molecule has 0 aliphatic heterocycles. The number of halogens is 2. The van der Waals surface area contributed by atoms with E-state index in [1.807, 2.05) is 12.1 Å². The molecule has 19 heavy (non-hydrogen) atoms. The molecule has 0 aliphatic rings. The van der Waals surface area contributed by atoms with Gasteiger partial charge in [0.25, 0.3) is 0 Å². The number of hydrogen-bond donors (Lipinski definition) is 1. The molecule has 2 heterocycles. The third-order valence-electron chi connectivity index (χ3n) is 1.96. The standard InChI is InChI=1S/C13H9N3O.2ClH/c17-15-10-13-5-1-4-12(16-13)7-6-11-3-2-8-14-9-11;;/h1-5,8-10,17H;2*1H/b15-10-;;. The summed E-state index contributed by atoms with van der Waals surface area (Å²) in [6.45, 7) is 0. The molecule has 0 saturated carbocycles. The Labute approximate surface area is 123 Å². The van der Waals surface area contributed by atoms with Crippen LogP contribution in [0.5, 0.6) is 0 Å². The molecule has 6 heteroatoms. The molecule has 0 aliphatic carbocycles. The van der Waals surface area contributed by atoms with Crippen molar-refractivity contribution in [2.45, 2.75) is 0 Å². The van der Waals surface area contributed by atoms with E-state index in [2.05, 4.69) is 27.0 Å². The maximum Gasteiger partial charge on any atom is 0.114 e. The van der Waals surface area contributed by atoms with Crippen molar-refractivity contribution in [2.75, 3.05) is 0 Å². The second kappa shape index (κ2) is 8.92. The predicted molar refractivity (Wildman–Crippen MR) is 78.3 cm³/mol. The maximum absolute atomic E-state index is 8.40. The van der Waals surface area contributed by atoms with Crippen molar-refractivity contribution in [2.24, 2.45) is 5.16 Å². The van der Waals surface area contributed by atoms with Crippen molar-refractivity contribution in [3.63, 3.8) is 0 Å². The van der Waals surface area contributed by atoms with E-state index in [4.69, 9.17) is 5.21 Å². The zero-order chi connectivity index (χ0) is 11.9. The Morgan fingerprint density at radius 3 is 2.63 bits per heavy atom.